The van der Waals surface area contributed by atoms with Crippen LogP contribution in [0.1, 0.15) is 39.0 Å². The molecule has 0 aromatic heterocycles. The highest BCUT2D eigenvalue weighted by molar-refractivity contribution is 5.91. The Morgan fingerprint density at radius 2 is 2.11 bits per heavy atom. The molecule has 0 aromatic rings. The maximum atomic E-state index is 11.5. The molecule has 3 heteroatoms. The van der Waals surface area contributed by atoms with Crippen molar-refractivity contribution in [2.45, 2.75) is 39.0 Å². The van der Waals surface area contributed by atoms with Crippen molar-refractivity contribution in [3.8, 4) is 0 Å². The first kappa shape index (κ1) is 13.1. The molecule has 2 aliphatic rings. The number of aliphatic carboxylic acids is 1. The van der Waals surface area contributed by atoms with Gasteiger partial charge in [0.05, 0.1) is 0 Å². The second kappa shape index (κ2) is 5.09. The van der Waals surface area contributed by atoms with Crippen LogP contribution in [0.3, 0.4) is 0 Å². The van der Waals surface area contributed by atoms with Crippen LogP contribution in [-0.4, -0.2) is 16.9 Å². The lowest BCUT2D eigenvalue weighted by molar-refractivity contribution is -0.133. The maximum absolute atomic E-state index is 11.5. The van der Waals surface area contributed by atoms with E-state index in [1.54, 1.807) is 6.08 Å². The summed E-state index contributed by atoms with van der Waals surface area (Å²) in [5.74, 6) is 0.279. The number of allylic oxidation sites excluding steroid dienone is 2. The van der Waals surface area contributed by atoms with E-state index in [1.165, 1.54) is 0 Å². The van der Waals surface area contributed by atoms with E-state index < -0.39 is 5.97 Å². The number of fused-ring (bicyclic) bond motifs is 1. The molecule has 3 atom stereocenters. The van der Waals surface area contributed by atoms with Gasteiger partial charge in [-0.25, -0.2) is 4.79 Å². The third kappa shape index (κ3) is 2.55. The van der Waals surface area contributed by atoms with Gasteiger partial charge in [-0.2, -0.15) is 0 Å². The molecule has 0 saturated heterocycles. The van der Waals surface area contributed by atoms with Gasteiger partial charge in [-0.3, -0.25) is 4.79 Å². The minimum absolute atomic E-state index is 0.00731. The van der Waals surface area contributed by atoms with Crippen LogP contribution in [-0.2, 0) is 9.59 Å². The van der Waals surface area contributed by atoms with Crippen molar-refractivity contribution in [3.63, 3.8) is 0 Å². The Labute approximate surface area is 108 Å². The summed E-state index contributed by atoms with van der Waals surface area (Å²) < 4.78 is 0. The lowest BCUT2D eigenvalue weighted by Gasteiger charge is -2.27. The second-order valence-corrected chi connectivity index (χ2v) is 5.62. The topological polar surface area (TPSA) is 54.4 Å². The summed E-state index contributed by atoms with van der Waals surface area (Å²) in [5, 5.41) is 9.05. The second-order valence-electron chi connectivity index (χ2n) is 5.62. The summed E-state index contributed by atoms with van der Waals surface area (Å²) in [6, 6.07) is 0. The highest BCUT2D eigenvalue weighted by atomic mass is 16.4. The lowest BCUT2D eigenvalue weighted by atomic mass is 9.78. The molecule has 1 N–H and O–H groups in total. The van der Waals surface area contributed by atoms with E-state index in [-0.39, 0.29) is 11.7 Å². The largest absolute Gasteiger partial charge is 0.478 e. The summed E-state index contributed by atoms with van der Waals surface area (Å²) in [5.41, 5.74) is 1.45. The van der Waals surface area contributed by atoms with Crippen molar-refractivity contribution in [3.05, 3.63) is 23.8 Å². The molecule has 18 heavy (non-hydrogen) atoms. The van der Waals surface area contributed by atoms with Crippen LogP contribution < -0.4 is 0 Å². The van der Waals surface area contributed by atoms with E-state index in [0.29, 0.717) is 30.3 Å². The zero-order chi connectivity index (χ0) is 13.3. The van der Waals surface area contributed by atoms with Gasteiger partial charge < -0.3 is 5.11 Å². The summed E-state index contributed by atoms with van der Waals surface area (Å²) in [4.78, 5) is 22.6. The normalized spacial score (nSPS) is 32.2. The van der Waals surface area contributed by atoms with E-state index in [4.69, 9.17) is 5.11 Å². The van der Waals surface area contributed by atoms with Crippen molar-refractivity contribution in [1.29, 1.82) is 0 Å². The molecule has 0 heterocycles. The van der Waals surface area contributed by atoms with Crippen LogP contribution in [0.25, 0.3) is 0 Å². The first-order chi connectivity index (χ1) is 8.49. The van der Waals surface area contributed by atoms with Gasteiger partial charge in [0.15, 0.2) is 5.78 Å². The van der Waals surface area contributed by atoms with Gasteiger partial charge in [-0.15, -0.1) is 0 Å². The van der Waals surface area contributed by atoms with Crippen molar-refractivity contribution in [1.82, 2.24) is 0 Å². The van der Waals surface area contributed by atoms with Gasteiger partial charge in [0.2, 0.25) is 0 Å². The van der Waals surface area contributed by atoms with E-state index in [9.17, 15) is 9.59 Å². The number of carboxylic acid groups (broad SMARTS) is 1. The molecule has 3 nitrogen and oxygen atoms in total. The lowest BCUT2D eigenvalue weighted by Crippen LogP contribution is -2.19. The van der Waals surface area contributed by atoms with Crippen molar-refractivity contribution < 1.29 is 14.7 Å². The Bertz CT molecular complexity index is 419. The Balaban J connectivity index is 2.23. The Kier molecular flexibility index (Phi) is 3.69. The Morgan fingerprint density at radius 3 is 2.78 bits per heavy atom. The van der Waals surface area contributed by atoms with E-state index in [0.717, 1.165) is 24.8 Å². The standard InChI is InChI=1S/C15H20O3/c1-9-3-4-11(10(2)15(17)18)7-12-8-13(16)5-6-14(9)12/h8-9,11,14H,2-7H2,1H3,(H,17,18). The molecule has 1 fully saturated rings. The van der Waals surface area contributed by atoms with Gasteiger partial charge in [-0.1, -0.05) is 19.1 Å². The van der Waals surface area contributed by atoms with Crippen LogP contribution in [0.2, 0.25) is 0 Å². The van der Waals surface area contributed by atoms with Crippen LogP contribution in [0, 0.1) is 17.8 Å². The summed E-state index contributed by atoms with van der Waals surface area (Å²) >= 11 is 0. The van der Waals surface area contributed by atoms with Crippen LogP contribution in [0.4, 0.5) is 0 Å². The first-order valence-corrected chi connectivity index (χ1v) is 6.64. The minimum atomic E-state index is -0.908. The molecule has 98 valence electrons. The third-order valence-electron chi connectivity index (χ3n) is 4.43. The molecule has 2 rings (SSSR count). The van der Waals surface area contributed by atoms with Gasteiger partial charge in [0, 0.05) is 12.0 Å². The SMILES string of the molecule is C=C(C(=O)O)C1CCC(C)C2CCC(=O)C=C2C1. The van der Waals surface area contributed by atoms with Crippen LogP contribution in [0.5, 0.6) is 0 Å². The molecule has 0 amide bonds. The van der Waals surface area contributed by atoms with Gasteiger partial charge in [0.1, 0.15) is 0 Å². The Hall–Kier alpha value is -1.38. The molecule has 0 aliphatic heterocycles. The quantitative estimate of drug-likeness (QED) is 0.764. The number of rotatable bonds is 2. The number of carboxylic acids is 1. The maximum Gasteiger partial charge on any atom is 0.331 e. The van der Waals surface area contributed by atoms with Crippen molar-refractivity contribution >= 4 is 11.8 Å². The van der Waals surface area contributed by atoms with Gasteiger partial charge >= 0.3 is 5.97 Å². The van der Waals surface area contributed by atoms with Gasteiger partial charge in [-0.05, 0) is 49.5 Å². The zero-order valence-electron chi connectivity index (χ0n) is 10.8. The fraction of sp³-hybridized carbons (Fsp3) is 0.600. The fourth-order valence-corrected chi connectivity index (χ4v) is 3.25. The molecule has 0 spiro atoms. The monoisotopic (exact) mass is 248 g/mol. The van der Waals surface area contributed by atoms with Crippen molar-refractivity contribution in [2.24, 2.45) is 17.8 Å². The molecule has 0 aromatic carbocycles. The molecule has 0 bridgehead atoms. The predicted octanol–water partition coefficient (Wildman–Crippen LogP) is 2.97. The van der Waals surface area contributed by atoms with E-state index in [2.05, 4.69) is 13.5 Å². The minimum Gasteiger partial charge on any atom is -0.478 e. The highest BCUT2D eigenvalue weighted by Crippen LogP contribution is 2.42. The summed E-state index contributed by atoms with van der Waals surface area (Å²) in [7, 11) is 0. The Morgan fingerprint density at radius 1 is 1.39 bits per heavy atom. The fourth-order valence-electron chi connectivity index (χ4n) is 3.25. The molecule has 2 aliphatic carbocycles. The highest BCUT2D eigenvalue weighted by Gasteiger charge is 2.33. The predicted molar refractivity (Wildman–Crippen MR) is 69.1 cm³/mol. The van der Waals surface area contributed by atoms with E-state index >= 15 is 0 Å². The third-order valence-corrected chi connectivity index (χ3v) is 4.43. The van der Waals surface area contributed by atoms with Gasteiger partial charge in [0.25, 0.3) is 0 Å². The summed E-state index contributed by atoms with van der Waals surface area (Å²) in [6.07, 6.45) is 5.92. The number of hydrogen-bond acceptors (Lipinski definition) is 2. The average Bonchev–Trinajstić information content (AvgIpc) is 2.47. The zero-order valence-corrected chi connectivity index (χ0v) is 10.8. The molecule has 3 unspecified atom stereocenters. The van der Waals surface area contributed by atoms with Crippen LogP contribution in [0.15, 0.2) is 23.8 Å². The van der Waals surface area contributed by atoms with Crippen LogP contribution >= 0.6 is 0 Å². The first-order valence-electron chi connectivity index (χ1n) is 6.64. The molecular formula is C15H20O3. The number of hydrogen-bond donors (Lipinski definition) is 1. The number of carbonyl (C=O) groups excluding carboxylic acids is 1. The van der Waals surface area contributed by atoms with Crippen molar-refractivity contribution in [2.75, 3.05) is 0 Å². The molecule has 0 radical (unpaired) electrons. The molecular weight excluding hydrogens is 228 g/mol. The smallest absolute Gasteiger partial charge is 0.331 e. The van der Waals surface area contributed by atoms with E-state index in [1.807, 2.05) is 0 Å². The average molecular weight is 248 g/mol. The number of carbonyl (C=O) groups is 2. The summed E-state index contributed by atoms with van der Waals surface area (Å²) in [6.45, 7) is 5.90. The number of ketones is 1. The molecule has 1 saturated carbocycles.